The maximum Gasteiger partial charge on any atom is 0.0886 e. The number of hydrogen-bond donors (Lipinski definition) is 4. The topological polar surface area (TPSA) is 72.7 Å². The van der Waals surface area contributed by atoms with Gasteiger partial charge in [0.05, 0.1) is 25.4 Å². The zero-order valence-electron chi connectivity index (χ0n) is 13.4. The van der Waals surface area contributed by atoms with Crippen molar-refractivity contribution in [2.24, 2.45) is 0 Å². The first-order valence-electron chi connectivity index (χ1n) is 7.83. The molecule has 0 spiro atoms. The van der Waals surface area contributed by atoms with Crippen LogP contribution in [0.2, 0.25) is 0 Å². The number of nitrogens with one attached hydrogen (secondary N) is 1. The summed E-state index contributed by atoms with van der Waals surface area (Å²) in [5, 5.41) is 32.1. The van der Waals surface area contributed by atoms with Crippen LogP contribution in [-0.4, -0.2) is 40.7 Å². The molecule has 0 aromatic heterocycles. The molecule has 0 unspecified atom stereocenters. The van der Waals surface area contributed by atoms with Gasteiger partial charge in [0, 0.05) is 6.04 Å². The van der Waals surface area contributed by atoms with Crippen LogP contribution in [0.1, 0.15) is 22.7 Å². The molecule has 0 aliphatic heterocycles. The van der Waals surface area contributed by atoms with Crippen molar-refractivity contribution < 1.29 is 15.3 Å². The smallest absolute Gasteiger partial charge is 0.0886 e. The Morgan fingerprint density at radius 3 is 1.96 bits per heavy atom. The Hall–Kier alpha value is -1.72. The highest BCUT2D eigenvalue weighted by Crippen LogP contribution is 2.22. The van der Waals surface area contributed by atoms with E-state index in [-0.39, 0.29) is 25.9 Å². The molecule has 0 radical (unpaired) electrons. The van der Waals surface area contributed by atoms with E-state index in [4.69, 9.17) is 0 Å². The van der Waals surface area contributed by atoms with E-state index in [1.54, 1.807) is 0 Å². The van der Waals surface area contributed by atoms with Crippen molar-refractivity contribution in [3.05, 3.63) is 71.3 Å². The van der Waals surface area contributed by atoms with Crippen LogP contribution >= 0.6 is 0 Å². The standard InChI is InChI=1S/C19H25NO3/c1-15-7-9-17(10-8-15)18(11-16-5-3-2-4-6-16)20-19(12-21,13-22)14-23/h2-10,18,20-23H,11-14H2,1H3/t18-/m0/s1. The van der Waals surface area contributed by atoms with Crippen molar-refractivity contribution in [2.45, 2.75) is 24.9 Å². The van der Waals surface area contributed by atoms with E-state index in [0.717, 1.165) is 11.1 Å². The van der Waals surface area contributed by atoms with Crippen LogP contribution in [0.3, 0.4) is 0 Å². The lowest BCUT2D eigenvalue weighted by Crippen LogP contribution is -2.56. The molecule has 0 heterocycles. The molecule has 0 saturated heterocycles. The van der Waals surface area contributed by atoms with Crippen molar-refractivity contribution >= 4 is 0 Å². The minimum atomic E-state index is -1.11. The Morgan fingerprint density at radius 1 is 0.870 bits per heavy atom. The fraction of sp³-hybridized carbons (Fsp3) is 0.368. The highest BCUT2D eigenvalue weighted by Gasteiger charge is 2.31. The van der Waals surface area contributed by atoms with Crippen molar-refractivity contribution in [1.29, 1.82) is 0 Å². The Labute approximate surface area is 137 Å². The second-order valence-electron chi connectivity index (χ2n) is 6.05. The maximum absolute atomic E-state index is 9.60. The second-order valence-corrected chi connectivity index (χ2v) is 6.05. The summed E-state index contributed by atoms with van der Waals surface area (Å²) in [6.45, 7) is 1.02. The third-order valence-corrected chi connectivity index (χ3v) is 4.15. The molecule has 124 valence electrons. The van der Waals surface area contributed by atoms with Crippen LogP contribution in [0.15, 0.2) is 54.6 Å². The molecular weight excluding hydrogens is 290 g/mol. The Morgan fingerprint density at radius 2 is 1.43 bits per heavy atom. The van der Waals surface area contributed by atoms with E-state index in [0.29, 0.717) is 6.42 Å². The third kappa shape index (κ3) is 4.62. The molecule has 2 rings (SSSR count). The van der Waals surface area contributed by atoms with Crippen molar-refractivity contribution in [3.8, 4) is 0 Å². The van der Waals surface area contributed by atoms with Gasteiger partial charge in [0.15, 0.2) is 0 Å². The lowest BCUT2D eigenvalue weighted by atomic mass is 9.93. The van der Waals surface area contributed by atoms with Gasteiger partial charge in [0.1, 0.15) is 0 Å². The molecular formula is C19H25NO3. The fourth-order valence-electron chi connectivity index (χ4n) is 2.56. The normalized spacial score (nSPS) is 13.0. The number of aliphatic hydroxyl groups is 3. The minimum Gasteiger partial charge on any atom is -0.394 e. The third-order valence-electron chi connectivity index (χ3n) is 4.15. The predicted octanol–water partition coefficient (Wildman–Crippen LogP) is 1.58. The first kappa shape index (κ1) is 17.6. The summed E-state index contributed by atoms with van der Waals surface area (Å²) in [7, 11) is 0. The molecule has 2 aromatic rings. The van der Waals surface area contributed by atoms with Gasteiger partial charge in [-0.3, -0.25) is 5.32 Å². The molecule has 4 nitrogen and oxygen atoms in total. The van der Waals surface area contributed by atoms with E-state index in [1.807, 2.05) is 61.5 Å². The van der Waals surface area contributed by atoms with E-state index in [1.165, 1.54) is 5.56 Å². The summed E-state index contributed by atoms with van der Waals surface area (Å²) < 4.78 is 0. The average molecular weight is 315 g/mol. The van der Waals surface area contributed by atoms with Gasteiger partial charge in [-0.1, -0.05) is 60.2 Å². The van der Waals surface area contributed by atoms with Crippen LogP contribution in [0, 0.1) is 6.92 Å². The summed E-state index contributed by atoms with van der Waals surface area (Å²) in [4.78, 5) is 0. The predicted molar refractivity (Wildman–Crippen MR) is 91.2 cm³/mol. The number of aliphatic hydroxyl groups excluding tert-OH is 3. The van der Waals surface area contributed by atoms with Gasteiger partial charge in [-0.2, -0.15) is 0 Å². The Bertz CT molecular complexity index is 571. The SMILES string of the molecule is Cc1ccc([C@H](Cc2ccccc2)NC(CO)(CO)CO)cc1. The first-order valence-corrected chi connectivity index (χ1v) is 7.83. The molecule has 2 aromatic carbocycles. The zero-order chi connectivity index (χ0) is 16.7. The van der Waals surface area contributed by atoms with Gasteiger partial charge in [-0.15, -0.1) is 0 Å². The van der Waals surface area contributed by atoms with Crippen molar-refractivity contribution in [3.63, 3.8) is 0 Å². The van der Waals surface area contributed by atoms with Crippen LogP contribution in [-0.2, 0) is 6.42 Å². The molecule has 4 N–H and O–H groups in total. The molecule has 4 heteroatoms. The molecule has 0 aliphatic rings. The molecule has 23 heavy (non-hydrogen) atoms. The van der Waals surface area contributed by atoms with Gasteiger partial charge < -0.3 is 15.3 Å². The van der Waals surface area contributed by atoms with E-state index in [9.17, 15) is 15.3 Å². The van der Waals surface area contributed by atoms with Crippen LogP contribution in [0.5, 0.6) is 0 Å². The summed E-state index contributed by atoms with van der Waals surface area (Å²) in [5.74, 6) is 0. The average Bonchev–Trinajstić information content (AvgIpc) is 2.60. The van der Waals surface area contributed by atoms with E-state index in [2.05, 4.69) is 5.32 Å². The number of aryl methyl sites for hydroxylation is 1. The van der Waals surface area contributed by atoms with Crippen LogP contribution < -0.4 is 5.32 Å². The minimum absolute atomic E-state index is 0.121. The lowest BCUT2D eigenvalue weighted by Gasteiger charge is -2.34. The zero-order valence-corrected chi connectivity index (χ0v) is 13.4. The van der Waals surface area contributed by atoms with Gasteiger partial charge in [-0.05, 0) is 24.5 Å². The maximum atomic E-state index is 9.60. The number of benzene rings is 2. The van der Waals surface area contributed by atoms with Crippen molar-refractivity contribution in [2.75, 3.05) is 19.8 Å². The van der Waals surface area contributed by atoms with Gasteiger partial charge in [0.2, 0.25) is 0 Å². The first-order chi connectivity index (χ1) is 11.1. The summed E-state index contributed by atoms with van der Waals surface area (Å²) in [5.41, 5.74) is 2.27. The summed E-state index contributed by atoms with van der Waals surface area (Å²) in [6.07, 6.45) is 0.700. The molecule has 0 bridgehead atoms. The molecule has 0 fully saturated rings. The van der Waals surface area contributed by atoms with Gasteiger partial charge >= 0.3 is 0 Å². The monoisotopic (exact) mass is 315 g/mol. The van der Waals surface area contributed by atoms with Crippen LogP contribution in [0.25, 0.3) is 0 Å². The van der Waals surface area contributed by atoms with Crippen molar-refractivity contribution in [1.82, 2.24) is 5.32 Å². The number of rotatable bonds is 8. The molecule has 0 amide bonds. The highest BCUT2D eigenvalue weighted by molar-refractivity contribution is 5.27. The molecule has 0 saturated carbocycles. The van der Waals surface area contributed by atoms with Crippen LogP contribution in [0.4, 0.5) is 0 Å². The lowest BCUT2D eigenvalue weighted by molar-refractivity contribution is 0.0339. The molecule has 1 atom stereocenters. The van der Waals surface area contributed by atoms with E-state index >= 15 is 0 Å². The highest BCUT2D eigenvalue weighted by atomic mass is 16.3. The quantitative estimate of drug-likeness (QED) is 0.597. The fourth-order valence-corrected chi connectivity index (χ4v) is 2.56. The summed E-state index contributed by atoms with van der Waals surface area (Å²) >= 11 is 0. The largest absolute Gasteiger partial charge is 0.394 e. The number of hydrogen-bond acceptors (Lipinski definition) is 4. The summed E-state index contributed by atoms with van der Waals surface area (Å²) in [6, 6.07) is 18.0. The van der Waals surface area contributed by atoms with Gasteiger partial charge in [0.25, 0.3) is 0 Å². The van der Waals surface area contributed by atoms with E-state index < -0.39 is 5.54 Å². The molecule has 0 aliphatic carbocycles. The van der Waals surface area contributed by atoms with Gasteiger partial charge in [-0.25, -0.2) is 0 Å². The Balaban J connectivity index is 2.29. The Kier molecular flexibility index (Phi) is 6.30. The second kappa shape index (κ2) is 8.22.